The Morgan fingerprint density at radius 3 is 0.462 bits per heavy atom. The Bertz CT molecular complexity index is 2670. The fourth-order valence-corrected chi connectivity index (χ4v) is 25.6. The molecule has 0 aromatic heterocycles. The van der Waals surface area contributed by atoms with Crippen LogP contribution in [0.4, 0.5) is 0 Å². The summed E-state index contributed by atoms with van der Waals surface area (Å²) in [5, 5.41) is 5.68. The van der Waals surface area contributed by atoms with Gasteiger partial charge in [-0.2, -0.15) is 0 Å². The molecule has 0 unspecified atom stereocenters. The van der Waals surface area contributed by atoms with Crippen LogP contribution in [0.2, 0.25) is 0 Å². The third-order valence-electron chi connectivity index (χ3n) is 19.1. The molecule has 0 saturated heterocycles. The summed E-state index contributed by atoms with van der Waals surface area (Å²) >= 11 is 0. The van der Waals surface area contributed by atoms with E-state index in [0.717, 1.165) is 51.4 Å². The summed E-state index contributed by atoms with van der Waals surface area (Å²) in [7, 11) is -4.38. The van der Waals surface area contributed by atoms with E-state index in [-0.39, 0.29) is 86.6 Å². The van der Waals surface area contributed by atoms with Crippen molar-refractivity contribution in [2.24, 2.45) is 43.3 Å². The second kappa shape index (κ2) is 26.6. The topological polar surface area (TPSA) is 9.23 Å². The fourth-order valence-electron chi connectivity index (χ4n) is 18.9. The lowest BCUT2D eigenvalue weighted by Crippen LogP contribution is -2.61. The Kier molecular flexibility index (Phi) is 23.6. The lowest BCUT2D eigenvalue weighted by molar-refractivity contribution is 0.278. The van der Waals surface area contributed by atoms with Crippen molar-refractivity contribution >= 4 is 38.8 Å². The van der Waals surface area contributed by atoms with Gasteiger partial charge in [-0.3, -0.25) is 0 Å². The van der Waals surface area contributed by atoms with Crippen LogP contribution in [0.15, 0.2) is 72.8 Å². The first-order valence-electron chi connectivity index (χ1n) is 36.0. The molecule has 4 rings (SSSR count). The maximum Gasteiger partial charge on any atom is 0.273 e. The molecule has 4 aromatic rings. The average Bonchev–Trinajstić information content (AvgIpc) is 0.749. The molecule has 2 radical (unpaired) electrons. The van der Waals surface area contributed by atoms with Crippen molar-refractivity contribution < 1.29 is 4.12 Å². The summed E-state index contributed by atoms with van der Waals surface area (Å²) in [5.74, 6) is 0. The van der Waals surface area contributed by atoms with Crippen LogP contribution in [0.3, 0.4) is 0 Å². The van der Waals surface area contributed by atoms with Gasteiger partial charge < -0.3 is 4.12 Å². The Morgan fingerprint density at radius 2 is 0.330 bits per heavy atom. The molecule has 0 aliphatic heterocycles. The van der Waals surface area contributed by atoms with E-state index in [0.29, 0.717) is 0 Å². The maximum absolute atomic E-state index is 9.29. The molecule has 3 heteroatoms. The highest BCUT2D eigenvalue weighted by Gasteiger charge is 2.45. The third kappa shape index (κ3) is 23.2. The first-order chi connectivity index (χ1) is 40.0. The number of hydrogen-bond acceptors (Lipinski definition) is 1. The van der Waals surface area contributed by atoms with Crippen LogP contribution in [-0.2, 0) is 47.4 Å². The van der Waals surface area contributed by atoms with Gasteiger partial charge in [-0.1, -0.05) is 350 Å². The zero-order valence-corrected chi connectivity index (χ0v) is 70.0. The predicted octanol–water partition coefficient (Wildman–Crippen LogP) is 24.3. The van der Waals surface area contributed by atoms with Crippen molar-refractivity contribution in [3.05, 3.63) is 117 Å². The molecule has 0 fully saturated rings. The molecule has 0 heterocycles. The van der Waals surface area contributed by atoms with Crippen molar-refractivity contribution in [3.8, 4) is 0 Å². The first-order valence-corrected chi connectivity index (χ1v) is 38.8. The van der Waals surface area contributed by atoms with Crippen LogP contribution in [-0.4, -0.2) is 18.1 Å². The van der Waals surface area contributed by atoms with Gasteiger partial charge in [0, 0.05) is 0 Å². The summed E-state index contributed by atoms with van der Waals surface area (Å²) in [5.41, 5.74) is 11.5. The normalized spacial score (nSPS) is 15.0. The highest BCUT2D eigenvalue weighted by Crippen LogP contribution is 2.47. The molecule has 1 nitrogen and oxygen atoms in total. The number of rotatable bonds is 22. The zero-order chi connectivity index (χ0) is 70.9. The van der Waals surface area contributed by atoms with Gasteiger partial charge in [0.15, 0.2) is 0 Å². The largest absolute Gasteiger partial charge is 0.442 e. The van der Waals surface area contributed by atoms with E-state index < -0.39 is 18.1 Å². The summed E-state index contributed by atoms with van der Waals surface area (Å²) in [4.78, 5) is 0. The molecule has 0 saturated carbocycles. The van der Waals surface area contributed by atoms with Crippen LogP contribution < -0.4 is 20.7 Å². The zero-order valence-electron chi connectivity index (χ0n) is 68.0. The van der Waals surface area contributed by atoms with Crippen LogP contribution in [0, 0.1) is 43.3 Å². The molecule has 0 atom stereocenters. The molecule has 0 amide bonds. The Labute approximate surface area is 571 Å². The second-order valence-electron chi connectivity index (χ2n) is 44.8. The van der Waals surface area contributed by atoms with Crippen molar-refractivity contribution in [2.75, 3.05) is 0 Å². The molecule has 0 spiro atoms. The van der Waals surface area contributed by atoms with Crippen molar-refractivity contribution in [1.82, 2.24) is 0 Å². The van der Waals surface area contributed by atoms with Gasteiger partial charge >= 0.3 is 0 Å². The van der Waals surface area contributed by atoms with Gasteiger partial charge in [0.25, 0.3) is 18.1 Å². The van der Waals surface area contributed by atoms with E-state index in [4.69, 9.17) is 0 Å². The third-order valence-corrected chi connectivity index (χ3v) is 24.4. The van der Waals surface area contributed by atoms with Crippen molar-refractivity contribution in [1.29, 1.82) is 0 Å². The highest BCUT2D eigenvalue weighted by atomic mass is 28.4. The molecule has 4 aromatic carbocycles. The van der Waals surface area contributed by atoms with E-state index in [1.54, 1.807) is 0 Å². The van der Waals surface area contributed by atoms with Gasteiger partial charge in [0.2, 0.25) is 0 Å². The molecule has 0 bridgehead atoms. The lowest BCUT2D eigenvalue weighted by Gasteiger charge is -2.42. The molecule has 91 heavy (non-hydrogen) atoms. The van der Waals surface area contributed by atoms with Crippen LogP contribution in [0.25, 0.3) is 0 Å². The van der Waals surface area contributed by atoms with Gasteiger partial charge in [-0.05, 0) is 203 Å². The number of hydrogen-bond donors (Lipinski definition) is 0. The van der Waals surface area contributed by atoms with Crippen molar-refractivity contribution in [2.45, 2.75) is 372 Å². The van der Waals surface area contributed by atoms with Crippen LogP contribution in [0.5, 0.6) is 0 Å². The fraction of sp³-hybridized carbons (Fsp3) is 0.727. The van der Waals surface area contributed by atoms with Crippen LogP contribution in [0.1, 0.15) is 373 Å². The molecule has 0 aliphatic carbocycles. The SMILES string of the molecule is CC(C)(C)CC(C)(C)c1ccc([Si](O[Si](c2ccc(C(C)(C)CC(C)(C)C)cc2C(C)(C)CC(C)(C)C)c2ccc(C(C)(C)CC(C)(C)C)cc2C(C)(C)CC(C)(C)C)c2ccc(C(C)(C)CC(C)(C)C)cc2C(C)(C)CC(C)(C)C)c(C(C)(C)CC(C)(C)C)c1. The first kappa shape index (κ1) is 80.7. The Hall–Kier alpha value is -2.73. The van der Waals surface area contributed by atoms with Crippen molar-refractivity contribution in [3.63, 3.8) is 0 Å². The Morgan fingerprint density at radius 1 is 0.198 bits per heavy atom. The smallest absolute Gasteiger partial charge is 0.273 e. The van der Waals surface area contributed by atoms with Crippen LogP contribution >= 0.6 is 0 Å². The minimum atomic E-state index is -2.19. The van der Waals surface area contributed by atoms with E-state index in [2.05, 4.69) is 350 Å². The van der Waals surface area contributed by atoms with Gasteiger partial charge in [-0.15, -0.1) is 0 Å². The van der Waals surface area contributed by atoms with E-state index in [1.807, 2.05) is 0 Å². The molecule has 0 aliphatic rings. The molecule has 0 N–H and O–H groups in total. The minimum absolute atomic E-state index is 0.0572. The minimum Gasteiger partial charge on any atom is -0.442 e. The molecule has 514 valence electrons. The standard InChI is InChI=1S/C88H148OSi2/c1-73(2,3)53-81(25,26)61-41-45-69(65(49-61)85(33,34)57-77(13,14)15)90(70-46-42-62(82(27,28)54-74(4,5)6)50-66(70)86(35,36)58-78(16,17)18)89-91(71-47-43-63(83(29,30)55-75(7,8)9)51-67(71)87(37,38)59-79(19,20)21)72-48-44-64(84(31,32)56-76(10,11)12)52-68(72)88(39,40)60-80(22,23)24/h41-52H,53-60H2,1-40H3. The summed E-state index contributed by atoms with van der Waals surface area (Å²) < 4.78 is 9.29. The summed E-state index contributed by atoms with van der Waals surface area (Å²) in [6, 6.07) is 31.6. The average molecular weight is 1280 g/mol. The highest BCUT2D eigenvalue weighted by molar-refractivity contribution is 6.92. The van der Waals surface area contributed by atoms with Gasteiger partial charge in [0.1, 0.15) is 0 Å². The molecular weight excluding hydrogens is 1130 g/mol. The quantitative estimate of drug-likeness (QED) is 0.0713. The summed E-state index contributed by atoms with van der Waals surface area (Å²) in [6.45, 7) is 99.1. The monoisotopic (exact) mass is 1280 g/mol. The van der Waals surface area contributed by atoms with Gasteiger partial charge in [-0.25, -0.2) is 0 Å². The lowest BCUT2D eigenvalue weighted by atomic mass is 9.69. The molecular formula is C88H148OSi2. The van der Waals surface area contributed by atoms with E-state index in [1.165, 1.54) is 65.3 Å². The van der Waals surface area contributed by atoms with E-state index >= 15 is 0 Å². The number of benzene rings is 4. The predicted molar refractivity (Wildman–Crippen MR) is 414 cm³/mol. The second-order valence-corrected chi connectivity index (χ2v) is 49.1. The summed E-state index contributed by atoms with van der Waals surface area (Å²) in [6.07, 6.45) is 8.51. The maximum atomic E-state index is 9.29. The van der Waals surface area contributed by atoms with Gasteiger partial charge in [0.05, 0.1) is 0 Å². The van der Waals surface area contributed by atoms with E-state index in [9.17, 15) is 4.12 Å². The Balaban J connectivity index is 2.61.